The molecule has 0 saturated heterocycles. The van der Waals surface area contributed by atoms with Gasteiger partial charge < -0.3 is 5.32 Å². The second-order valence-corrected chi connectivity index (χ2v) is 3.60. The van der Waals surface area contributed by atoms with Crippen LogP contribution in [0.5, 0.6) is 0 Å². The van der Waals surface area contributed by atoms with Gasteiger partial charge in [0, 0.05) is 20.3 Å². The molecule has 2 aromatic rings. The third kappa shape index (κ3) is 2.01. The summed E-state index contributed by atoms with van der Waals surface area (Å²) in [6, 6.07) is 2.00. The van der Waals surface area contributed by atoms with Crippen LogP contribution in [-0.4, -0.2) is 19.6 Å². The summed E-state index contributed by atoms with van der Waals surface area (Å²) in [5.74, 6) is 0. The van der Waals surface area contributed by atoms with Crippen LogP contribution in [0.4, 0.5) is 5.69 Å². The number of rotatable bonds is 3. The smallest absolute Gasteiger partial charge is 0.0815 e. The predicted molar refractivity (Wildman–Crippen MR) is 58.5 cm³/mol. The first-order valence-electron chi connectivity index (χ1n) is 4.88. The molecule has 0 aromatic carbocycles. The van der Waals surface area contributed by atoms with Crippen LogP contribution >= 0.6 is 0 Å². The molecular formula is C10H15N5. The Morgan fingerprint density at radius 1 is 1.40 bits per heavy atom. The van der Waals surface area contributed by atoms with E-state index in [-0.39, 0.29) is 0 Å². The van der Waals surface area contributed by atoms with E-state index in [2.05, 4.69) is 15.5 Å². The third-order valence-corrected chi connectivity index (χ3v) is 2.46. The van der Waals surface area contributed by atoms with Crippen LogP contribution in [0.3, 0.4) is 0 Å². The maximum absolute atomic E-state index is 4.29. The molecule has 0 unspecified atom stereocenters. The minimum Gasteiger partial charge on any atom is -0.377 e. The lowest BCUT2D eigenvalue weighted by atomic mass is 10.3. The van der Waals surface area contributed by atoms with Crippen molar-refractivity contribution in [2.75, 3.05) is 5.32 Å². The number of aromatic nitrogens is 4. The lowest BCUT2D eigenvalue weighted by Gasteiger charge is -2.02. The molecule has 5 heteroatoms. The van der Waals surface area contributed by atoms with E-state index < -0.39 is 0 Å². The Hall–Kier alpha value is -1.78. The van der Waals surface area contributed by atoms with E-state index in [1.165, 1.54) is 0 Å². The van der Waals surface area contributed by atoms with E-state index in [4.69, 9.17) is 0 Å². The predicted octanol–water partition coefficient (Wildman–Crippen LogP) is 1.07. The van der Waals surface area contributed by atoms with Crippen molar-refractivity contribution in [1.82, 2.24) is 19.6 Å². The van der Waals surface area contributed by atoms with Gasteiger partial charge in [0.25, 0.3) is 0 Å². The molecule has 0 aliphatic heterocycles. The van der Waals surface area contributed by atoms with Gasteiger partial charge in [-0.15, -0.1) is 0 Å². The molecule has 5 nitrogen and oxygen atoms in total. The fourth-order valence-corrected chi connectivity index (χ4v) is 1.42. The number of hydrogen-bond donors (Lipinski definition) is 1. The van der Waals surface area contributed by atoms with E-state index in [9.17, 15) is 0 Å². The second kappa shape index (κ2) is 3.76. The molecule has 0 amide bonds. The Bertz CT molecular complexity index is 454. The minimum absolute atomic E-state index is 0.730. The average molecular weight is 205 g/mol. The number of anilines is 1. The van der Waals surface area contributed by atoms with Crippen molar-refractivity contribution in [3.05, 3.63) is 29.8 Å². The van der Waals surface area contributed by atoms with Gasteiger partial charge >= 0.3 is 0 Å². The summed E-state index contributed by atoms with van der Waals surface area (Å²) < 4.78 is 3.65. The summed E-state index contributed by atoms with van der Waals surface area (Å²) in [5, 5.41) is 11.8. The molecule has 2 aromatic heterocycles. The van der Waals surface area contributed by atoms with Crippen molar-refractivity contribution in [2.45, 2.75) is 13.5 Å². The Morgan fingerprint density at radius 2 is 2.20 bits per heavy atom. The van der Waals surface area contributed by atoms with Gasteiger partial charge in [-0.3, -0.25) is 9.36 Å². The highest BCUT2D eigenvalue weighted by Gasteiger charge is 2.03. The van der Waals surface area contributed by atoms with Gasteiger partial charge in [0.15, 0.2) is 0 Å². The van der Waals surface area contributed by atoms with E-state index in [1.807, 2.05) is 44.2 Å². The summed E-state index contributed by atoms with van der Waals surface area (Å²) in [5.41, 5.74) is 3.22. The van der Waals surface area contributed by atoms with Gasteiger partial charge in [-0.1, -0.05) is 0 Å². The van der Waals surface area contributed by atoms with Crippen molar-refractivity contribution >= 4 is 5.69 Å². The standard InChI is InChI=1S/C10H15N5/c1-8-10(7-12-15(8)3)11-6-9-4-5-14(2)13-9/h4-5,7,11H,6H2,1-3H3. The number of nitrogens with zero attached hydrogens (tertiary/aromatic N) is 4. The molecule has 2 heterocycles. The van der Waals surface area contributed by atoms with Gasteiger partial charge in [-0.2, -0.15) is 10.2 Å². The fraction of sp³-hybridized carbons (Fsp3) is 0.400. The largest absolute Gasteiger partial charge is 0.377 e. The Kier molecular flexibility index (Phi) is 2.45. The number of hydrogen-bond acceptors (Lipinski definition) is 3. The van der Waals surface area contributed by atoms with Crippen molar-refractivity contribution in [1.29, 1.82) is 0 Å². The minimum atomic E-state index is 0.730. The fourth-order valence-electron chi connectivity index (χ4n) is 1.42. The average Bonchev–Trinajstić information content (AvgIpc) is 2.74. The lowest BCUT2D eigenvalue weighted by molar-refractivity contribution is 0.739. The van der Waals surface area contributed by atoms with Crippen LogP contribution in [0.15, 0.2) is 18.5 Å². The van der Waals surface area contributed by atoms with Gasteiger partial charge in [0.1, 0.15) is 0 Å². The van der Waals surface area contributed by atoms with Gasteiger partial charge in [0.05, 0.1) is 29.8 Å². The number of aryl methyl sites for hydroxylation is 2. The molecular weight excluding hydrogens is 190 g/mol. The molecule has 0 fully saturated rings. The van der Waals surface area contributed by atoms with Crippen LogP contribution in [0.1, 0.15) is 11.4 Å². The van der Waals surface area contributed by atoms with Crippen molar-refractivity contribution in [2.24, 2.45) is 14.1 Å². The van der Waals surface area contributed by atoms with Crippen molar-refractivity contribution < 1.29 is 0 Å². The molecule has 80 valence electrons. The maximum atomic E-state index is 4.29. The molecule has 0 aliphatic rings. The zero-order valence-electron chi connectivity index (χ0n) is 9.23. The zero-order valence-corrected chi connectivity index (χ0v) is 9.23. The van der Waals surface area contributed by atoms with Crippen LogP contribution in [0.25, 0.3) is 0 Å². The first kappa shape index (κ1) is 9.76. The van der Waals surface area contributed by atoms with Crippen LogP contribution < -0.4 is 5.32 Å². The summed E-state index contributed by atoms with van der Waals surface area (Å²) in [4.78, 5) is 0. The Morgan fingerprint density at radius 3 is 2.73 bits per heavy atom. The lowest BCUT2D eigenvalue weighted by Crippen LogP contribution is -2.02. The summed E-state index contributed by atoms with van der Waals surface area (Å²) in [7, 11) is 3.85. The number of nitrogens with one attached hydrogen (secondary N) is 1. The van der Waals surface area contributed by atoms with E-state index in [0.29, 0.717) is 0 Å². The van der Waals surface area contributed by atoms with E-state index in [1.54, 1.807) is 4.68 Å². The monoisotopic (exact) mass is 205 g/mol. The third-order valence-electron chi connectivity index (χ3n) is 2.46. The second-order valence-electron chi connectivity index (χ2n) is 3.60. The molecule has 0 atom stereocenters. The molecule has 0 saturated carbocycles. The van der Waals surface area contributed by atoms with Crippen LogP contribution in [0, 0.1) is 6.92 Å². The first-order valence-corrected chi connectivity index (χ1v) is 4.88. The highest BCUT2D eigenvalue weighted by molar-refractivity contribution is 5.45. The summed E-state index contributed by atoms with van der Waals surface area (Å²) in [6.45, 7) is 2.77. The van der Waals surface area contributed by atoms with Gasteiger partial charge in [-0.25, -0.2) is 0 Å². The Balaban J connectivity index is 2.02. The van der Waals surface area contributed by atoms with Crippen LogP contribution in [-0.2, 0) is 20.6 Å². The maximum Gasteiger partial charge on any atom is 0.0815 e. The SMILES string of the molecule is Cc1c(NCc2ccn(C)n2)cnn1C. The molecule has 0 bridgehead atoms. The zero-order chi connectivity index (χ0) is 10.8. The highest BCUT2D eigenvalue weighted by atomic mass is 15.3. The molecule has 0 radical (unpaired) electrons. The van der Waals surface area contributed by atoms with Crippen molar-refractivity contribution in [3.8, 4) is 0 Å². The normalized spacial score (nSPS) is 10.6. The summed E-state index contributed by atoms with van der Waals surface area (Å²) >= 11 is 0. The van der Waals surface area contributed by atoms with E-state index in [0.717, 1.165) is 23.6 Å². The quantitative estimate of drug-likeness (QED) is 0.815. The highest BCUT2D eigenvalue weighted by Crippen LogP contribution is 2.12. The Labute approximate surface area is 88.7 Å². The molecule has 1 N–H and O–H groups in total. The molecule has 2 rings (SSSR count). The first-order chi connectivity index (χ1) is 7.16. The summed E-state index contributed by atoms with van der Waals surface area (Å²) in [6.07, 6.45) is 3.77. The molecule has 15 heavy (non-hydrogen) atoms. The molecule has 0 spiro atoms. The van der Waals surface area contributed by atoms with Crippen molar-refractivity contribution in [3.63, 3.8) is 0 Å². The van der Waals surface area contributed by atoms with Gasteiger partial charge in [0.2, 0.25) is 0 Å². The topological polar surface area (TPSA) is 47.7 Å². The molecule has 0 aliphatic carbocycles. The van der Waals surface area contributed by atoms with E-state index >= 15 is 0 Å². The van der Waals surface area contributed by atoms with Gasteiger partial charge in [-0.05, 0) is 13.0 Å². The van der Waals surface area contributed by atoms with Crippen LogP contribution in [0.2, 0.25) is 0 Å².